The SMILES string of the molecule is Cc1ccc(-c2cc(N)n(C3CCS(=O)(=O)C3)n2)c(Cl)c1. The maximum absolute atomic E-state index is 11.6. The van der Waals surface area contributed by atoms with E-state index >= 15 is 0 Å². The number of aryl methyl sites for hydroxylation is 1. The van der Waals surface area contributed by atoms with Gasteiger partial charge in [0.05, 0.1) is 28.3 Å². The van der Waals surface area contributed by atoms with Gasteiger partial charge in [0.25, 0.3) is 0 Å². The summed E-state index contributed by atoms with van der Waals surface area (Å²) in [6, 6.07) is 7.27. The summed E-state index contributed by atoms with van der Waals surface area (Å²) in [5.74, 6) is 0.751. The Morgan fingerprint density at radius 3 is 2.76 bits per heavy atom. The summed E-state index contributed by atoms with van der Waals surface area (Å²) in [6.07, 6.45) is 0.551. The van der Waals surface area contributed by atoms with Gasteiger partial charge in [-0.3, -0.25) is 0 Å². The van der Waals surface area contributed by atoms with E-state index in [9.17, 15) is 8.42 Å². The van der Waals surface area contributed by atoms with E-state index in [2.05, 4.69) is 5.10 Å². The lowest BCUT2D eigenvalue weighted by Gasteiger charge is -2.10. The molecule has 0 radical (unpaired) electrons. The van der Waals surface area contributed by atoms with E-state index in [-0.39, 0.29) is 17.5 Å². The summed E-state index contributed by atoms with van der Waals surface area (Å²) in [5.41, 5.74) is 8.53. The van der Waals surface area contributed by atoms with Crippen molar-refractivity contribution in [3.8, 4) is 11.3 Å². The fourth-order valence-electron chi connectivity index (χ4n) is 2.63. The molecule has 1 unspecified atom stereocenters. The Kier molecular flexibility index (Phi) is 3.45. The molecule has 21 heavy (non-hydrogen) atoms. The normalized spacial score (nSPS) is 20.8. The Morgan fingerprint density at radius 2 is 2.14 bits per heavy atom. The molecule has 2 aromatic rings. The molecule has 0 aliphatic carbocycles. The highest BCUT2D eigenvalue weighted by molar-refractivity contribution is 7.91. The zero-order valence-corrected chi connectivity index (χ0v) is 13.2. The van der Waals surface area contributed by atoms with Gasteiger partial charge < -0.3 is 5.73 Å². The first-order valence-corrected chi connectivity index (χ1v) is 8.87. The number of aromatic nitrogens is 2. The Balaban J connectivity index is 1.98. The first-order chi connectivity index (χ1) is 9.85. The Bertz CT molecular complexity index is 799. The third kappa shape index (κ3) is 2.78. The van der Waals surface area contributed by atoms with E-state index in [1.54, 1.807) is 10.7 Å². The highest BCUT2D eigenvalue weighted by Gasteiger charge is 2.31. The molecular formula is C14H16ClN3O2S. The van der Waals surface area contributed by atoms with Crippen molar-refractivity contribution in [2.75, 3.05) is 17.2 Å². The van der Waals surface area contributed by atoms with Crippen molar-refractivity contribution in [2.24, 2.45) is 0 Å². The third-order valence-corrected chi connectivity index (χ3v) is 5.78. The minimum absolute atomic E-state index is 0.0972. The summed E-state index contributed by atoms with van der Waals surface area (Å²) >= 11 is 6.24. The smallest absolute Gasteiger partial charge is 0.152 e. The highest BCUT2D eigenvalue weighted by atomic mass is 35.5. The molecular weight excluding hydrogens is 310 g/mol. The van der Waals surface area contributed by atoms with Crippen LogP contribution in [0.1, 0.15) is 18.0 Å². The number of hydrogen-bond acceptors (Lipinski definition) is 4. The summed E-state index contributed by atoms with van der Waals surface area (Å²) < 4.78 is 24.8. The van der Waals surface area contributed by atoms with Crippen LogP contribution in [-0.4, -0.2) is 29.7 Å². The maximum Gasteiger partial charge on any atom is 0.152 e. The van der Waals surface area contributed by atoms with Gasteiger partial charge >= 0.3 is 0 Å². The Labute approximate surface area is 128 Å². The van der Waals surface area contributed by atoms with Gasteiger partial charge in [0.15, 0.2) is 9.84 Å². The van der Waals surface area contributed by atoms with Gasteiger partial charge in [-0.1, -0.05) is 23.7 Å². The van der Waals surface area contributed by atoms with Crippen molar-refractivity contribution < 1.29 is 8.42 Å². The summed E-state index contributed by atoms with van der Waals surface area (Å²) in [7, 11) is -2.97. The number of nitrogen functional groups attached to an aromatic ring is 1. The van der Waals surface area contributed by atoms with E-state index in [0.29, 0.717) is 23.0 Å². The molecule has 1 aliphatic heterocycles. The van der Waals surface area contributed by atoms with Crippen LogP contribution in [0.15, 0.2) is 24.3 Å². The average Bonchev–Trinajstić information content (AvgIpc) is 2.92. The molecule has 3 rings (SSSR count). The van der Waals surface area contributed by atoms with Crippen LogP contribution in [0, 0.1) is 6.92 Å². The molecule has 1 fully saturated rings. The standard InChI is InChI=1S/C14H16ClN3O2S/c1-9-2-3-11(12(15)6-9)13-7-14(16)18(17-13)10-4-5-21(19,20)8-10/h2-3,6-7,10H,4-5,8,16H2,1H3. The van der Waals surface area contributed by atoms with Gasteiger partial charge in [0.2, 0.25) is 0 Å². The van der Waals surface area contributed by atoms with E-state index in [4.69, 9.17) is 17.3 Å². The van der Waals surface area contributed by atoms with E-state index in [1.165, 1.54) is 0 Å². The lowest BCUT2D eigenvalue weighted by molar-refractivity contribution is 0.508. The highest BCUT2D eigenvalue weighted by Crippen LogP contribution is 2.32. The topological polar surface area (TPSA) is 78.0 Å². The average molecular weight is 326 g/mol. The fraction of sp³-hybridized carbons (Fsp3) is 0.357. The van der Waals surface area contributed by atoms with Crippen LogP contribution in [0.4, 0.5) is 5.82 Å². The van der Waals surface area contributed by atoms with E-state index in [1.807, 2.05) is 25.1 Å². The second-order valence-electron chi connectivity index (χ2n) is 5.44. The predicted octanol–water partition coefficient (Wildman–Crippen LogP) is 2.45. The molecule has 1 atom stereocenters. The molecule has 1 aliphatic rings. The summed E-state index contributed by atoms with van der Waals surface area (Å²) in [5, 5.41) is 5.07. The minimum atomic E-state index is -2.97. The zero-order chi connectivity index (χ0) is 15.2. The van der Waals surface area contributed by atoms with E-state index < -0.39 is 9.84 Å². The van der Waals surface area contributed by atoms with Gasteiger partial charge in [-0.05, 0) is 25.0 Å². The number of hydrogen-bond donors (Lipinski definition) is 1. The van der Waals surface area contributed by atoms with Crippen LogP contribution < -0.4 is 5.73 Å². The second-order valence-corrected chi connectivity index (χ2v) is 8.08. The molecule has 0 spiro atoms. The van der Waals surface area contributed by atoms with Crippen LogP contribution in [-0.2, 0) is 9.84 Å². The van der Waals surface area contributed by atoms with Crippen molar-refractivity contribution in [1.29, 1.82) is 0 Å². The molecule has 1 saturated heterocycles. The molecule has 0 amide bonds. The molecule has 0 bridgehead atoms. The number of halogens is 1. The summed E-state index contributed by atoms with van der Waals surface area (Å²) in [6.45, 7) is 1.96. The van der Waals surface area contributed by atoms with Crippen molar-refractivity contribution in [2.45, 2.75) is 19.4 Å². The first kappa shape index (κ1) is 14.4. The second kappa shape index (κ2) is 5.03. The lowest BCUT2D eigenvalue weighted by Crippen LogP contribution is -2.14. The minimum Gasteiger partial charge on any atom is -0.384 e. The van der Waals surface area contributed by atoms with Crippen LogP contribution >= 0.6 is 11.6 Å². The fourth-order valence-corrected chi connectivity index (χ4v) is 4.65. The molecule has 1 aromatic heterocycles. The maximum atomic E-state index is 11.6. The van der Waals surface area contributed by atoms with Gasteiger partial charge in [-0.2, -0.15) is 5.10 Å². The number of rotatable bonds is 2. The Hall–Kier alpha value is -1.53. The first-order valence-electron chi connectivity index (χ1n) is 6.68. The third-order valence-electron chi connectivity index (χ3n) is 3.72. The predicted molar refractivity (Wildman–Crippen MR) is 84.1 cm³/mol. The van der Waals surface area contributed by atoms with E-state index in [0.717, 1.165) is 11.1 Å². The quantitative estimate of drug-likeness (QED) is 0.920. The van der Waals surface area contributed by atoms with Crippen molar-refractivity contribution >= 4 is 27.3 Å². The van der Waals surface area contributed by atoms with Crippen molar-refractivity contribution in [3.05, 3.63) is 34.9 Å². The number of nitrogens with two attached hydrogens (primary N) is 1. The number of nitrogens with zero attached hydrogens (tertiary/aromatic N) is 2. The van der Waals surface area contributed by atoms with Crippen LogP contribution in [0.3, 0.4) is 0 Å². The van der Waals surface area contributed by atoms with Crippen molar-refractivity contribution in [3.63, 3.8) is 0 Å². The van der Waals surface area contributed by atoms with Gasteiger partial charge in [-0.25, -0.2) is 13.1 Å². The summed E-state index contributed by atoms with van der Waals surface area (Å²) in [4.78, 5) is 0. The van der Waals surface area contributed by atoms with Crippen LogP contribution in [0.25, 0.3) is 11.3 Å². The Morgan fingerprint density at radius 1 is 1.38 bits per heavy atom. The van der Waals surface area contributed by atoms with Gasteiger partial charge in [-0.15, -0.1) is 0 Å². The number of anilines is 1. The molecule has 2 N–H and O–H groups in total. The van der Waals surface area contributed by atoms with Crippen molar-refractivity contribution in [1.82, 2.24) is 9.78 Å². The number of sulfone groups is 1. The molecule has 5 nitrogen and oxygen atoms in total. The molecule has 2 heterocycles. The molecule has 1 aromatic carbocycles. The van der Waals surface area contributed by atoms with Crippen LogP contribution in [0.5, 0.6) is 0 Å². The number of benzene rings is 1. The van der Waals surface area contributed by atoms with Gasteiger partial charge in [0, 0.05) is 11.6 Å². The zero-order valence-electron chi connectivity index (χ0n) is 11.6. The molecule has 0 saturated carbocycles. The largest absolute Gasteiger partial charge is 0.384 e. The molecule has 7 heteroatoms. The lowest BCUT2D eigenvalue weighted by atomic mass is 10.1. The van der Waals surface area contributed by atoms with Crippen LogP contribution in [0.2, 0.25) is 5.02 Å². The molecule has 112 valence electrons. The monoisotopic (exact) mass is 325 g/mol. The van der Waals surface area contributed by atoms with Gasteiger partial charge in [0.1, 0.15) is 5.82 Å².